The molecule has 1 heterocycles. The van der Waals surface area contributed by atoms with Crippen molar-refractivity contribution in [3.63, 3.8) is 0 Å². The van der Waals surface area contributed by atoms with Gasteiger partial charge in [-0.15, -0.1) is 0 Å². The van der Waals surface area contributed by atoms with E-state index in [0.29, 0.717) is 6.04 Å². The van der Waals surface area contributed by atoms with E-state index in [1.165, 1.54) is 31.0 Å². The van der Waals surface area contributed by atoms with Crippen molar-refractivity contribution in [3.8, 4) is 0 Å². The predicted octanol–water partition coefficient (Wildman–Crippen LogP) is 1.81. The van der Waals surface area contributed by atoms with E-state index in [4.69, 9.17) is 0 Å². The van der Waals surface area contributed by atoms with Crippen molar-refractivity contribution >= 4 is 11.8 Å². The summed E-state index contributed by atoms with van der Waals surface area (Å²) in [6.45, 7) is 10.5. The molecule has 3 heteroatoms. The molecule has 1 aliphatic heterocycles. The van der Waals surface area contributed by atoms with Gasteiger partial charge >= 0.3 is 0 Å². The number of rotatable bonds is 5. The first-order chi connectivity index (χ1) is 6.70. The van der Waals surface area contributed by atoms with Crippen molar-refractivity contribution in [3.05, 3.63) is 0 Å². The van der Waals surface area contributed by atoms with Gasteiger partial charge < -0.3 is 5.32 Å². The van der Waals surface area contributed by atoms with E-state index in [2.05, 4.69) is 42.7 Å². The average Bonchev–Trinajstić information content (AvgIpc) is 2.15. The Hall–Kier alpha value is 0.270. The minimum absolute atomic E-state index is 0.629. The Kier molecular flexibility index (Phi) is 5.90. The van der Waals surface area contributed by atoms with E-state index in [1.54, 1.807) is 0 Å². The second-order valence-electron chi connectivity index (χ2n) is 4.42. The molecule has 1 N–H and O–H groups in total. The first kappa shape index (κ1) is 12.3. The third kappa shape index (κ3) is 4.67. The molecule has 0 radical (unpaired) electrons. The molecule has 0 aliphatic carbocycles. The molecule has 1 rings (SSSR count). The summed E-state index contributed by atoms with van der Waals surface area (Å²) in [5, 5.41) is 3.47. The van der Waals surface area contributed by atoms with Crippen LogP contribution in [-0.2, 0) is 0 Å². The summed E-state index contributed by atoms with van der Waals surface area (Å²) in [5.74, 6) is 2.64. The molecule has 0 spiro atoms. The number of hydrogen-bond acceptors (Lipinski definition) is 3. The highest BCUT2D eigenvalue weighted by Crippen LogP contribution is 2.15. The predicted molar refractivity (Wildman–Crippen MR) is 66.1 cm³/mol. The standard InChI is InChI=1S/C11H24N2S/c1-10(2)12-5-4-6-13-7-8-14-9-11(13)3/h10-12H,4-9H2,1-3H3. The molecule has 84 valence electrons. The number of nitrogens with one attached hydrogen (secondary N) is 1. The molecule has 2 nitrogen and oxygen atoms in total. The first-order valence-corrected chi connectivity index (χ1v) is 6.91. The maximum absolute atomic E-state index is 3.47. The van der Waals surface area contributed by atoms with Gasteiger partial charge in [-0.2, -0.15) is 11.8 Å². The lowest BCUT2D eigenvalue weighted by Gasteiger charge is -2.32. The average molecular weight is 216 g/mol. The molecule has 0 aromatic carbocycles. The largest absolute Gasteiger partial charge is 0.314 e. The van der Waals surface area contributed by atoms with Crippen LogP contribution in [0.3, 0.4) is 0 Å². The SMILES string of the molecule is CC(C)NCCCN1CCSCC1C. The molecular formula is C11H24N2S. The molecule has 14 heavy (non-hydrogen) atoms. The summed E-state index contributed by atoms with van der Waals surface area (Å²) in [4.78, 5) is 2.62. The highest BCUT2D eigenvalue weighted by Gasteiger charge is 2.17. The van der Waals surface area contributed by atoms with Crippen LogP contribution < -0.4 is 5.32 Å². The molecule has 0 bridgehead atoms. The second kappa shape index (κ2) is 6.70. The third-order valence-corrected chi connectivity index (χ3v) is 3.87. The van der Waals surface area contributed by atoms with Crippen molar-refractivity contribution in [1.29, 1.82) is 0 Å². The molecule has 1 unspecified atom stereocenters. The molecule has 0 aromatic heterocycles. The topological polar surface area (TPSA) is 15.3 Å². The Morgan fingerprint density at radius 1 is 1.50 bits per heavy atom. The lowest BCUT2D eigenvalue weighted by atomic mass is 10.2. The number of nitrogens with zero attached hydrogens (tertiary/aromatic N) is 1. The van der Waals surface area contributed by atoms with Gasteiger partial charge in [-0.05, 0) is 26.4 Å². The fourth-order valence-electron chi connectivity index (χ4n) is 1.77. The zero-order valence-corrected chi connectivity index (χ0v) is 10.6. The van der Waals surface area contributed by atoms with Gasteiger partial charge in [0.05, 0.1) is 0 Å². The normalized spacial score (nSPS) is 24.4. The van der Waals surface area contributed by atoms with E-state index >= 15 is 0 Å². The zero-order valence-electron chi connectivity index (χ0n) is 9.75. The van der Waals surface area contributed by atoms with Gasteiger partial charge in [0.1, 0.15) is 0 Å². The van der Waals surface area contributed by atoms with Gasteiger partial charge in [0.2, 0.25) is 0 Å². The second-order valence-corrected chi connectivity index (χ2v) is 5.57. The fourth-order valence-corrected chi connectivity index (χ4v) is 2.85. The van der Waals surface area contributed by atoms with Crippen LogP contribution in [0.4, 0.5) is 0 Å². The molecule has 1 aliphatic rings. The van der Waals surface area contributed by atoms with Crippen LogP contribution in [0.2, 0.25) is 0 Å². The smallest absolute Gasteiger partial charge is 0.0158 e. The molecule has 1 saturated heterocycles. The lowest BCUT2D eigenvalue weighted by Crippen LogP contribution is -2.41. The fraction of sp³-hybridized carbons (Fsp3) is 1.00. The van der Waals surface area contributed by atoms with Gasteiger partial charge in [-0.25, -0.2) is 0 Å². The van der Waals surface area contributed by atoms with Crippen LogP contribution >= 0.6 is 11.8 Å². The Morgan fingerprint density at radius 2 is 2.29 bits per heavy atom. The van der Waals surface area contributed by atoms with Gasteiger partial charge in [0.15, 0.2) is 0 Å². The number of hydrogen-bond donors (Lipinski definition) is 1. The minimum atomic E-state index is 0.629. The van der Waals surface area contributed by atoms with Crippen LogP contribution in [0.1, 0.15) is 27.2 Å². The Balaban J connectivity index is 2.04. The molecule has 0 amide bonds. The molecule has 1 atom stereocenters. The van der Waals surface area contributed by atoms with Crippen LogP contribution in [0.15, 0.2) is 0 Å². The molecular weight excluding hydrogens is 192 g/mol. The van der Waals surface area contributed by atoms with Crippen molar-refractivity contribution in [2.75, 3.05) is 31.1 Å². The Labute approximate surface area is 92.8 Å². The zero-order chi connectivity index (χ0) is 10.4. The van der Waals surface area contributed by atoms with E-state index in [9.17, 15) is 0 Å². The summed E-state index contributed by atoms with van der Waals surface area (Å²) in [5.41, 5.74) is 0. The van der Waals surface area contributed by atoms with E-state index < -0.39 is 0 Å². The molecule has 1 fully saturated rings. The Bertz CT molecular complexity index is 150. The van der Waals surface area contributed by atoms with Gasteiger partial charge in [0, 0.05) is 30.1 Å². The highest BCUT2D eigenvalue weighted by molar-refractivity contribution is 7.99. The summed E-state index contributed by atoms with van der Waals surface area (Å²) in [7, 11) is 0. The third-order valence-electron chi connectivity index (χ3n) is 2.68. The van der Waals surface area contributed by atoms with Crippen LogP contribution in [0.25, 0.3) is 0 Å². The van der Waals surface area contributed by atoms with Gasteiger partial charge in [-0.1, -0.05) is 13.8 Å². The van der Waals surface area contributed by atoms with Crippen molar-refractivity contribution in [2.24, 2.45) is 0 Å². The highest BCUT2D eigenvalue weighted by atomic mass is 32.2. The van der Waals surface area contributed by atoms with Crippen LogP contribution in [0, 0.1) is 0 Å². The van der Waals surface area contributed by atoms with Crippen molar-refractivity contribution < 1.29 is 0 Å². The summed E-state index contributed by atoms with van der Waals surface area (Å²) >= 11 is 2.09. The maximum atomic E-state index is 3.47. The minimum Gasteiger partial charge on any atom is -0.314 e. The maximum Gasteiger partial charge on any atom is 0.0158 e. The quantitative estimate of drug-likeness (QED) is 0.706. The van der Waals surface area contributed by atoms with E-state index in [-0.39, 0.29) is 0 Å². The van der Waals surface area contributed by atoms with Crippen molar-refractivity contribution in [1.82, 2.24) is 10.2 Å². The molecule has 0 saturated carbocycles. The van der Waals surface area contributed by atoms with E-state index in [0.717, 1.165) is 12.6 Å². The van der Waals surface area contributed by atoms with Gasteiger partial charge in [-0.3, -0.25) is 4.90 Å². The lowest BCUT2D eigenvalue weighted by molar-refractivity contribution is 0.228. The van der Waals surface area contributed by atoms with Crippen molar-refractivity contribution in [2.45, 2.75) is 39.3 Å². The van der Waals surface area contributed by atoms with Crippen LogP contribution in [0.5, 0.6) is 0 Å². The first-order valence-electron chi connectivity index (χ1n) is 5.75. The van der Waals surface area contributed by atoms with Crippen LogP contribution in [-0.4, -0.2) is 48.1 Å². The van der Waals surface area contributed by atoms with E-state index in [1.807, 2.05) is 0 Å². The van der Waals surface area contributed by atoms with Gasteiger partial charge in [0.25, 0.3) is 0 Å². The summed E-state index contributed by atoms with van der Waals surface area (Å²) in [6.07, 6.45) is 1.28. The Morgan fingerprint density at radius 3 is 2.93 bits per heavy atom. The number of thioether (sulfide) groups is 1. The summed E-state index contributed by atoms with van der Waals surface area (Å²) in [6, 6.07) is 1.41. The summed E-state index contributed by atoms with van der Waals surface area (Å²) < 4.78 is 0. The monoisotopic (exact) mass is 216 g/mol. The molecule has 0 aromatic rings.